The monoisotopic (exact) mass is 252 g/mol. The molecular formula is C12H14NO5-. The van der Waals surface area contributed by atoms with Gasteiger partial charge in [0, 0.05) is 0 Å². The first-order chi connectivity index (χ1) is 8.54. The van der Waals surface area contributed by atoms with Crippen LogP contribution in [0, 0.1) is 0 Å². The molecule has 6 heteroatoms. The van der Waals surface area contributed by atoms with Gasteiger partial charge in [-0.3, -0.25) is 4.79 Å². The fraction of sp³-hybridized carbons (Fsp3) is 0.333. The van der Waals surface area contributed by atoms with E-state index in [1.807, 2.05) is 0 Å². The first-order valence-corrected chi connectivity index (χ1v) is 5.30. The minimum Gasteiger partial charge on any atom is -0.548 e. The number of carbonyl (C=O) groups excluding carboxylic acids is 2. The van der Waals surface area contributed by atoms with Crippen LogP contribution >= 0.6 is 0 Å². The van der Waals surface area contributed by atoms with Crippen LogP contribution in [-0.2, 0) is 9.59 Å². The van der Waals surface area contributed by atoms with Gasteiger partial charge in [-0.2, -0.15) is 0 Å². The standard InChI is InChI=1S/C12H15NO5/c1-8(12(15)16)13-11(14)7-18-10-6-4-3-5-9(10)17-2/h3-6,8H,7H2,1-2H3,(H,13,14)(H,15,16)/p-1/t8-/m0/s1. The Hall–Kier alpha value is -2.24. The number of amides is 1. The molecule has 1 aromatic carbocycles. The molecule has 1 atom stereocenters. The zero-order valence-corrected chi connectivity index (χ0v) is 10.1. The molecule has 1 rings (SSSR count). The fourth-order valence-electron chi connectivity index (χ4n) is 1.22. The van der Waals surface area contributed by atoms with E-state index in [2.05, 4.69) is 5.32 Å². The molecule has 0 bridgehead atoms. The van der Waals surface area contributed by atoms with Gasteiger partial charge in [0.2, 0.25) is 0 Å². The predicted octanol–water partition coefficient (Wildman–Crippen LogP) is -0.671. The molecule has 1 N–H and O–H groups in total. The molecule has 0 aliphatic rings. The zero-order valence-electron chi connectivity index (χ0n) is 10.1. The summed E-state index contributed by atoms with van der Waals surface area (Å²) in [5, 5.41) is 12.6. The van der Waals surface area contributed by atoms with Crippen LogP contribution in [0.3, 0.4) is 0 Å². The number of para-hydroxylation sites is 2. The Balaban J connectivity index is 2.50. The van der Waals surface area contributed by atoms with Crippen molar-refractivity contribution in [1.29, 1.82) is 0 Å². The Bertz CT molecular complexity index is 432. The normalized spacial score (nSPS) is 11.4. The van der Waals surface area contributed by atoms with E-state index in [-0.39, 0.29) is 6.61 Å². The highest BCUT2D eigenvalue weighted by Crippen LogP contribution is 2.25. The van der Waals surface area contributed by atoms with Crippen molar-refractivity contribution in [3.8, 4) is 11.5 Å². The van der Waals surface area contributed by atoms with Crippen LogP contribution < -0.4 is 19.9 Å². The first-order valence-electron chi connectivity index (χ1n) is 5.30. The smallest absolute Gasteiger partial charge is 0.258 e. The van der Waals surface area contributed by atoms with Gasteiger partial charge in [-0.1, -0.05) is 12.1 Å². The third-order valence-electron chi connectivity index (χ3n) is 2.16. The molecule has 6 nitrogen and oxygen atoms in total. The van der Waals surface area contributed by atoms with Crippen molar-refractivity contribution in [3.63, 3.8) is 0 Å². The van der Waals surface area contributed by atoms with Gasteiger partial charge in [-0.25, -0.2) is 0 Å². The molecule has 0 spiro atoms. The summed E-state index contributed by atoms with van der Waals surface area (Å²) < 4.78 is 10.3. The number of nitrogens with one attached hydrogen (secondary N) is 1. The summed E-state index contributed by atoms with van der Waals surface area (Å²) in [6.45, 7) is 1.02. The topological polar surface area (TPSA) is 87.7 Å². The molecule has 1 aromatic rings. The van der Waals surface area contributed by atoms with Gasteiger partial charge in [-0.15, -0.1) is 0 Å². The average molecular weight is 252 g/mol. The van der Waals surface area contributed by atoms with Gasteiger partial charge < -0.3 is 24.7 Å². The average Bonchev–Trinajstić information content (AvgIpc) is 2.36. The van der Waals surface area contributed by atoms with E-state index in [4.69, 9.17) is 9.47 Å². The maximum Gasteiger partial charge on any atom is 0.258 e. The van der Waals surface area contributed by atoms with Crippen molar-refractivity contribution in [2.75, 3.05) is 13.7 Å². The summed E-state index contributed by atoms with van der Waals surface area (Å²) in [5.74, 6) is -0.979. The number of carbonyl (C=O) groups is 2. The number of carboxylic acid groups (broad SMARTS) is 1. The number of hydrogen-bond acceptors (Lipinski definition) is 5. The molecule has 0 radical (unpaired) electrons. The molecule has 0 fully saturated rings. The van der Waals surface area contributed by atoms with Crippen LogP contribution in [0.2, 0.25) is 0 Å². The summed E-state index contributed by atoms with van der Waals surface area (Å²) in [4.78, 5) is 21.8. The third-order valence-corrected chi connectivity index (χ3v) is 2.16. The van der Waals surface area contributed by atoms with Gasteiger partial charge in [0.05, 0.1) is 19.1 Å². The molecule has 0 saturated carbocycles. The Morgan fingerprint density at radius 3 is 2.50 bits per heavy atom. The lowest BCUT2D eigenvalue weighted by Gasteiger charge is -2.15. The number of rotatable bonds is 6. The van der Waals surface area contributed by atoms with Crippen LogP contribution in [0.1, 0.15) is 6.92 Å². The molecule has 0 aliphatic heterocycles. The van der Waals surface area contributed by atoms with Gasteiger partial charge in [0.1, 0.15) is 0 Å². The minimum absolute atomic E-state index is 0.294. The molecule has 0 aromatic heterocycles. The van der Waals surface area contributed by atoms with E-state index in [0.29, 0.717) is 11.5 Å². The van der Waals surface area contributed by atoms with Crippen LogP contribution in [0.5, 0.6) is 11.5 Å². The van der Waals surface area contributed by atoms with E-state index in [0.717, 1.165) is 0 Å². The van der Waals surface area contributed by atoms with Crippen LogP contribution in [-0.4, -0.2) is 31.6 Å². The minimum atomic E-state index is -1.35. The quantitative estimate of drug-likeness (QED) is 0.725. The summed E-state index contributed by atoms with van der Waals surface area (Å²) >= 11 is 0. The van der Waals surface area contributed by atoms with E-state index in [1.165, 1.54) is 14.0 Å². The Morgan fingerprint density at radius 2 is 1.94 bits per heavy atom. The predicted molar refractivity (Wildman–Crippen MR) is 61.1 cm³/mol. The highest BCUT2D eigenvalue weighted by atomic mass is 16.5. The van der Waals surface area contributed by atoms with Crippen LogP contribution in [0.4, 0.5) is 0 Å². The molecule has 0 heterocycles. The van der Waals surface area contributed by atoms with Crippen molar-refractivity contribution in [2.45, 2.75) is 13.0 Å². The van der Waals surface area contributed by atoms with Crippen LogP contribution in [0.25, 0.3) is 0 Å². The largest absolute Gasteiger partial charge is 0.548 e. The lowest BCUT2D eigenvalue weighted by atomic mass is 10.3. The van der Waals surface area contributed by atoms with Gasteiger partial charge in [0.15, 0.2) is 18.1 Å². The van der Waals surface area contributed by atoms with Gasteiger partial charge >= 0.3 is 0 Å². The zero-order chi connectivity index (χ0) is 13.5. The molecule has 98 valence electrons. The Labute approximate surface area is 105 Å². The van der Waals surface area contributed by atoms with Gasteiger partial charge in [0.25, 0.3) is 5.91 Å². The highest BCUT2D eigenvalue weighted by Gasteiger charge is 2.10. The lowest BCUT2D eigenvalue weighted by molar-refractivity contribution is -0.307. The number of hydrogen-bond donors (Lipinski definition) is 1. The molecule has 1 amide bonds. The van der Waals surface area contributed by atoms with Crippen molar-refractivity contribution >= 4 is 11.9 Å². The number of methoxy groups -OCH3 is 1. The van der Waals surface area contributed by atoms with E-state index < -0.39 is 17.9 Å². The van der Waals surface area contributed by atoms with Crippen LogP contribution in [0.15, 0.2) is 24.3 Å². The maximum atomic E-state index is 11.4. The number of aliphatic carboxylic acids is 1. The fourth-order valence-corrected chi connectivity index (χ4v) is 1.22. The first kappa shape index (κ1) is 13.8. The SMILES string of the molecule is COc1ccccc1OCC(=O)N[C@@H](C)C(=O)[O-]. The van der Waals surface area contributed by atoms with Gasteiger partial charge in [-0.05, 0) is 19.1 Å². The third kappa shape index (κ3) is 3.97. The lowest BCUT2D eigenvalue weighted by Crippen LogP contribution is -2.47. The summed E-state index contributed by atoms with van der Waals surface area (Å²) in [5.41, 5.74) is 0. The molecule has 0 aliphatic carbocycles. The molecule has 0 saturated heterocycles. The Morgan fingerprint density at radius 1 is 1.33 bits per heavy atom. The summed E-state index contributed by atoms with van der Waals surface area (Å²) in [6.07, 6.45) is 0. The van der Waals surface area contributed by atoms with E-state index in [1.54, 1.807) is 24.3 Å². The number of benzene rings is 1. The molecule has 0 unspecified atom stereocenters. The van der Waals surface area contributed by atoms with Crippen molar-refractivity contribution in [2.24, 2.45) is 0 Å². The number of carboxylic acids is 1. The van der Waals surface area contributed by atoms with Crippen molar-refractivity contribution < 1.29 is 24.2 Å². The van der Waals surface area contributed by atoms with E-state index >= 15 is 0 Å². The number of ether oxygens (including phenoxy) is 2. The second-order valence-electron chi connectivity index (χ2n) is 3.55. The maximum absolute atomic E-state index is 11.4. The molecular weight excluding hydrogens is 238 g/mol. The summed E-state index contributed by atoms with van der Waals surface area (Å²) in [6, 6.07) is 5.79. The molecule has 18 heavy (non-hydrogen) atoms. The highest BCUT2D eigenvalue weighted by molar-refractivity contribution is 5.83. The van der Waals surface area contributed by atoms with Crippen molar-refractivity contribution in [3.05, 3.63) is 24.3 Å². The Kier molecular flexibility index (Phi) is 4.98. The summed E-state index contributed by atoms with van der Waals surface area (Å²) in [7, 11) is 1.49. The van der Waals surface area contributed by atoms with E-state index in [9.17, 15) is 14.7 Å². The second-order valence-corrected chi connectivity index (χ2v) is 3.55. The second kappa shape index (κ2) is 6.48. The van der Waals surface area contributed by atoms with Crippen molar-refractivity contribution in [1.82, 2.24) is 5.32 Å².